The molecule has 0 aliphatic rings. The van der Waals surface area contributed by atoms with Gasteiger partial charge in [-0.25, -0.2) is 0 Å². The van der Waals surface area contributed by atoms with Crippen LogP contribution in [0.3, 0.4) is 0 Å². The molecule has 0 bridgehead atoms. The van der Waals surface area contributed by atoms with Crippen LogP contribution in [0.1, 0.15) is 5.56 Å². The lowest BCUT2D eigenvalue weighted by molar-refractivity contribution is -0.112. The fraction of sp³-hybridized carbons (Fsp3) is 0.200. The Balaban J connectivity index is 1.82. The lowest BCUT2D eigenvalue weighted by Crippen LogP contribution is -2.20. The highest BCUT2D eigenvalue weighted by Gasteiger charge is 2.10. The van der Waals surface area contributed by atoms with Gasteiger partial charge in [-0.05, 0) is 77.5 Å². The molecule has 140 valence electrons. The first kappa shape index (κ1) is 20.6. The number of methoxy groups -OCH3 is 1. The Morgan fingerprint density at radius 3 is 2.56 bits per heavy atom. The maximum Gasteiger partial charge on any atom is 0.267 e. The van der Waals surface area contributed by atoms with E-state index in [0.717, 1.165) is 14.9 Å². The summed E-state index contributed by atoms with van der Waals surface area (Å²) in [6, 6.07) is 14.8. The number of hydrogen-bond donors (Lipinski definition) is 2. The predicted molar refractivity (Wildman–Crippen MR) is 113 cm³/mol. The second kappa shape index (κ2) is 10.4. The van der Waals surface area contributed by atoms with Crippen molar-refractivity contribution < 1.29 is 14.3 Å². The molecule has 0 spiro atoms. The Labute approximate surface area is 172 Å². The molecule has 0 atom stereocenters. The van der Waals surface area contributed by atoms with E-state index >= 15 is 0 Å². The fourth-order valence-electron chi connectivity index (χ4n) is 2.18. The highest BCUT2D eigenvalue weighted by molar-refractivity contribution is 14.1. The molecule has 0 heterocycles. The van der Waals surface area contributed by atoms with Gasteiger partial charge < -0.3 is 20.1 Å². The number of ether oxygens (including phenoxy) is 2. The molecule has 6 nitrogen and oxygen atoms in total. The van der Waals surface area contributed by atoms with Gasteiger partial charge in [-0.1, -0.05) is 0 Å². The molecule has 7 heteroatoms. The summed E-state index contributed by atoms with van der Waals surface area (Å²) >= 11 is 2.21. The Morgan fingerprint density at radius 2 is 1.93 bits per heavy atom. The Bertz CT molecular complexity index is 858. The number of rotatable bonds is 8. The molecule has 0 unspecified atom stereocenters. The SMILES string of the molecule is COc1ccc(OCCN/C=C(/C#N)C(=O)Nc2ccc(I)cc2C)cc1. The van der Waals surface area contributed by atoms with E-state index in [2.05, 4.69) is 33.2 Å². The van der Waals surface area contributed by atoms with Gasteiger partial charge in [0.2, 0.25) is 0 Å². The summed E-state index contributed by atoms with van der Waals surface area (Å²) < 4.78 is 11.7. The quantitative estimate of drug-likeness (QED) is 0.263. The minimum absolute atomic E-state index is 0.00241. The smallest absolute Gasteiger partial charge is 0.267 e. The van der Waals surface area contributed by atoms with Crippen molar-refractivity contribution in [3.8, 4) is 17.6 Å². The van der Waals surface area contributed by atoms with Crippen molar-refractivity contribution in [3.63, 3.8) is 0 Å². The van der Waals surface area contributed by atoms with E-state index in [9.17, 15) is 10.1 Å². The van der Waals surface area contributed by atoms with Gasteiger partial charge in [0.05, 0.1) is 7.11 Å². The van der Waals surface area contributed by atoms with Crippen molar-refractivity contribution in [2.75, 3.05) is 25.6 Å². The van der Waals surface area contributed by atoms with Crippen LogP contribution in [0.25, 0.3) is 0 Å². The van der Waals surface area contributed by atoms with E-state index in [1.54, 1.807) is 7.11 Å². The predicted octanol–water partition coefficient (Wildman–Crippen LogP) is 3.62. The first-order valence-corrected chi connectivity index (χ1v) is 9.29. The van der Waals surface area contributed by atoms with E-state index < -0.39 is 5.91 Å². The van der Waals surface area contributed by atoms with Crippen LogP contribution in [0.5, 0.6) is 11.5 Å². The number of halogens is 1. The molecule has 2 N–H and O–H groups in total. The van der Waals surface area contributed by atoms with Crippen LogP contribution in [-0.2, 0) is 4.79 Å². The van der Waals surface area contributed by atoms with Gasteiger partial charge in [0.1, 0.15) is 29.7 Å². The van der Waals surface area contributed by atoms with Crippen LogP contribution in [0.15, 0.2) is 54.2 Å². The van der Waals surface area contributed by atoms with Crippen LogP contribution in [-0.4, -0.2) is 26.2 Å². The molecule has 0 radical (unpaired) electrons. The summed E-state index contributed by atoms with van der Waals surface area (Å²) in [5, 5.41) is 14.9. The molecule has 2 aromatic carbocycles. The van der Waals surface area contributed by atoms with Gasteiger partial charge in [-0.2, -0.15) is 5.26 Å². The third kappa shape index (κ3) is 6.49. The maximum absolute atomic E-state index is 12.2. The summed E-state index contributed by atoms with van der Waals surface area (Å²) in [7, 11) is 1.61. The van der Waals surface area contributed by atoms with Crippen molar-refractivity contribution in [2.45, 2.75) is 6.92 Å². The number of anilines is 1. The minimum atomic E-state index is -0.453. The molecule has 27 heavy (non-hydrogen) atoms. The average Bonchev–Trinajstić information content (AvgIpc) is 2.67. The third-order valence-electron chi connectivity index (χ3n) is 3.62. The van der Waals surface area contributed by atoms with Gasteiger partial charge in [-0.3, -0.25) is 4.79 Å². The van der Waals surface area contributed by atoms with Gasteiger partial charge in [0.25, 0.3) is 5.91 Å². The van der Waals surface area contributed by atoms with Gasteiger partial charge in [-0.15, -0.1) is 0 Å². The monoisotopic (exact) mass is 477 g/mol. The van der Waals surface area contributed by atoms with E-state index in [1.807, 2.05) is 55.5 Å². The first-order valence-electron chi connectivity index (χ1n) is 8.21. The van der Waals surface area contributed by atoms with Crippen LogP contribution in [0, 0.1) is 21.8 Å². The zero-order valence-corrected chi connectivity index (χ0v) is 17.2. The van der Waals surface area contributed by atoms with Crippen molar-refractivity contribution in [1.29, 1.82) is 5.26 Å². The van der Waals surface area contributed by atoms with E-state index in [4.69, 9.17) is 9.47 Å². The number of carbonyl (C=O) groups excluding carboxylic acids is 1. The molecule has 0 aliphatic carbocycles. The fourth-order valence-corrected chi connectivity index (χ4v) is 2.83. The average molecular weight is 477 g/mol. The molecule has 2 rings (SSSR count). The van der Waals surface area contributed by atoms with Crippen molar-refractivity contribution in [3.05, 3.63) is 63.4 Å². The van der Waals surface area contributed by atoms with Crippen molar-refractivity contribution in [1.82, 2.24) is 5.32 Å². The number of amides is 1. The molecular weight excluding hydrogens is 457 g/mol. The van der Waals surface area contributed by atoms with E-state index in [1.165, 1.54) is 6.20 Å². The van der Waals surface area contributed by atoms with Gasteiger partial charge in [0, 0.05) is 22.0 Å². The van der Waals surface area contributed by atoms with Crippen LogP contribution in [0.4, 0.5) is 5.69 Å². The summed E-state index contributed by atoms with van der Waals surface area (Å²) in [4.78, 5) is 12.2. The number of nitrogens with one attached hydrogen (secondary N) is 2. The number of carbonyl (C=O) groups is 1. The molecule has 0 aromatic heterocycles. The van der Waals surface area contributed by atoms with Crippen LogP contribution < -0.4 is 20.1 Å². The van der Waals surface area contributed by atoms with Gasteiger partial charge >= 0.3 is 0 Å². The zero-order chi connectivity index (χ0) is 19.6. The summed E-state index contributed by atoms with van der Waals surface area (Å²) in [5.41, 5.74) is 1.62. The molecular formula is C20H20IN3O3. The normalized spacial score (nSPS) is 10.7. The number of nitrogens with zero attached hydrogens (tertiary/aromatic N) is 1. The lowest BCUT2D eigenvalue weighted by atomic mass is 10.2. The maximum atomic E-state index is 12.2. The molecule has 1 amide bonds. The number of aryl methyl sites for hydroxylation is 1. The summed E-state index contributed by atoms with van der Waals surface area (Å²) in [6.45, 7) is 2.74. The standard InChI is InChI=1S/C20H20IN3O3/c1-14-11-16(21)3-8-19(14)24-20(25)15(12-22)13-23-9-10-27-18-6-4-17(26-2)5-7-18/h3-8,11,13,23H,9-10H2,1-2H3,(H,24,25)/b15-13-. The summed E-state index contributed by atoms with van der Waals surface area (Å²) in [6.07, 6.45) is 1.40. The molecule has 0 saturated heterocycles. The Hall–Kier alpha value is -2.73. The van der Waals surface area contributed by atoms with E-state index in [0.29, 0.717) is 24.6 Å². The zero-order valence-electron chi connectivity index (χ0n) is 15.1. The molecule has 0 fully saturated rings. The number of benzene rings is 2. The van der Waals surface area contributed by atoms with E-state index in [-0.39, 0.29) is 5.57 Å². The number of hydrogen-bond acceptors (Lipinski definition) is 5. The lowest BCUT2D eigenvalue weighted by Gasteiger charge is -2.09. The second-order valence-corrected chi connectivity index (χ2v) is 6.81. The second-order valence-electron chi connectivity index (χ2n) is 5.56. The highest BCUT2D eigenvalue weighted by atomic mass is 127. The Kier molecular flexibility index (Phi) is 7.95. The van der Waals surface area contributed by atoms with Crippen LogP contribution >= 0.6 is 22.6 Å². The molecule has 2 aromatic rings. The van der Waals surface area contributed by atoms with Gasteiger partial charge in [0.15, 0.2) is 0 Å². The highest BCUT2D eigenvalue weighted by Crippen LogP contribution is 2.18. The largest absolute Gasteiger partial charge is 0.497 e. The number of nitriles is 1. The molecule has 0 aliphatic heterocycles. The molecule has 0 saturated carbocycles. The minimum Gasteiger partial charge on any atom is -0.497 e. The van der Waals surface area contributed by atoms with Crippen LogP contribution in [0.2, 0.25) is 0 Å². The first-order chi connectivity index (χ1) is 13.0. The summed E-state index contributed by atoms with van der Waals surface area (Å²) in [5.74, 6) is 1.02. The van der Waals surface area contributed by atoms with Crippen molar-refractivity contribution in [2.24, 2.45) is 0 Å². The Morgan fingerprint density at radius 1 is 1.22 bits per heavy atom. The third-order valence-corrected chi connectivity index (χ3v) is 4.29. The van der Waals surface area contributed by atoms with Crippen molar-refractivity contribution >= 4 is 34.2 Å². The topological polar surface area (TPSA) is 83.4 Å².